The van der Waals surface area contributed by atoms with Gasteiger partial charge < -0.3 is 14.2 Å². The lowest BCUT2D eigenvalue weighted by Gasteiger charge is -2.08. The van der Waals surface area contributed by atoms with Gasteiger partial charge >= 0.3 is 0 Å². The summed E-state index contributed by atoms with van der Waals surface area (Å²) in [5.41, 5.74) is 1.80. The second-order valence-corrected chi connectivity index (χ2v) is 6.14. The molecule has 0 fully saturated rings. The average molecular weight is 374 g/mol. The van der Waals surface area contributed by atoms with Gasteiger partial charge in [-0.1, -0.05) is 0 Å². The second kappa shape index (κ2) is 7.44. The molecule has 0 bridgehead atoms. The molecule has 0 saturated heterocycles. The fourth-order valence-electron chi connectivity index (χ4n) is 2.41. The van der Waals surface area contributed by atoms with Crippen LogP contribution in [-0.4, -0.2) is 42.0 Å². The van der Waals surface area contributed by atoms with Crippen LogP contribution in [0.2, 0.25) is 0 Å². The number of amides is 1. The first-order valence-corrected chi connectivity index (χ1v) is 8.50. The minimum Gasteiger partial charge on any atom is -0.497 e. The molecule has 8 nitrogen and oxygen atoms in total. The maximum absolute atomic E-state index is 12.5. The van der Waals surface area contributed by atoms with Gasteiger partial charge in [0.1, 0.15) is 17.1 Å². The molecular weight excluding hydrogens is 356 g/mol. The Morgan fingerprint density at radius 1 is 1.19 bits per heavy atom. The summed E-state index contributed by atoms with van der Waals surface area (Å²) >= 11 is 1.31. The first-order chi connectivity index (χ1) is 12.5. The molecule has 0 aliphatic rings. The van der Waals surface area contributed by atoms with Crippen molar-refractivity contribution in [1.82, 2.24) is 14.8 Å². The van der Waals surface area contributed by atoms with Gasteiger partial charge in [0.25, 0.3) is 5.91 Å². The van der Waals surface area contributed by atoms with Gasteiger partial charge in [0.05, 0.1) is 27.0 Å². The molecule has 26 heavy (non-hydrogen) atoms. The number of ether oxygens (including phenoxy) is 3. The highest BCUT2D eigenvalue weighted by molar-refractivity contribution is 7.14. The Bertz CT molecular complexity index is 935. The number of anilines is 1. The van der Waals surface area contributed by atoms with E-state index in [-0.39, 0.29) is 11.8 Å². The van der Waals surface area contributed by atoms with Crippen molar-refractivity contribution in [1.29, 1.82) is 0 Å². The average Bonchev–Trinajstić information content (AvgIpc) is 3.27. The van der Waals surface area contributed by atoms with E-state index >= 15 is 0 Å². The van der Waals surface area contributed by atoms with Crippen LogP contribution >= 0.6 is 11.3 Å². The summed E-state index contributed by atoms with van der Waals surface area (Å²) in [5.74, 6) is 1.28. The van der Waals surface area contributed by atoms with Gasteiger partial charge in [-0.15, -0.1) is 16.4 Å². The third-order valence-electron chi connectivity index (χ3n) is 3.64. The molecule has 0 atom stereocenters. The lowest BCUT2D eigenvalue weighted by molar-refractivity contribution is 0.102. The van der Waals surface area contributed by atoms with Gasteiger partial charge in [-0.05, 0) is 18.2 Å². The molecule has 1 amide bonds. The first-order valence-electron chi connectivity index (χ1n) is 7.62. The van der Waals surface area contributed by atoms with E-state index in [0.29, 0.717) is 27.9 Å². The molecule has 0 unspecified atom stereocenters. The third kappa shape index (κ3) is 3.47. The number of carbonyl (C=O) groups is 1. The molecule has 9 heteroatoms. The van der Waals surface area contributed by atoms with Crippen LogP contribution in [0.1, 0.15) is 10.4 Å². The molecule has 0 aliphatic carbocycles. The Morgan fingerprint density at radius 3 is 2.69 bits per heavy atom. The number of thiazole rings is 1. The number of methoxy groups -OCH3 is 3. The molecule has 136 valence electrons. The summed E-state index contributed by atoms with van der Waals surface area (Å²) in [6.45, 7) is 0. The fraction of sp³-hybridized carbons (Fsp3) is 0.235. The molecule has 0 saturated carbocycles. The topological polar surface area (TPSA) is 87.5 Å². The maximum Gasteiger partial charge on any atom is 0.264 e. The normalized spacial score (nSPS) is 10.5. The van der Waals surface area contributed by atoms with Crippen molar-refractivity contribution in [2.45, 2.75) is 0 Å². The summed E-state index contributed by atoms with van der Waals surface area (Å²) < 4.78 is 17.3. The molecule has 2 heterocycles. The van der Waals surface area contributed by atoms with Crippen LogP contribution in [-0.2, 0) is 7.05 Å². The van der Waals surface area contributed by atoms with E-state index in [0.717, 1.165) is 5.56 Å². The molecule has 3 rings (SSSR count). The van der Waals surface area contributed by atoms with Crippen LogP contribution in [0.3, 0.4) is 0 Å². The number of hydrogen-bond donors (Lipinski definition) is 1. The molecule has 1 aromatic carbocycles. The van der Waals surface area contributed by atoms with Crippen LogP contribution in [0.5, 0.6) is 17.4 Å². The van der Waals surface area contributed by atoms with Gasteiger partial charge in [0.15, 0.2) is 5.13 Å². The number of aryl methyl sites for hydroxylation is 1. The van der Waals surface area contributed by atoms with Gasteiger partial charge in [-0.2, -0.15) is 0 Å². The van der Waals surface area contributed by atoms with Crippen LogP contribution in [0.4, 0.5) is 5.13 Å². The SMILES string of the molecule is COc1ccc(OC)c(-c2csc(NC(=O)c3cn(C)nc3OC)n2)c1. The maximum atomic E-state index is 12.5. The number of aromatic nitrogens is 3. The number of nitrogens with one attached hydrogen (secondary N) is 1. The molecule has 2 aromatic heterocycles. The Hall–Kier alpha value is -3.07. The van der Waals surface area contributed by atoms with Crippen molar-refractivity contribution >= 4 is 22.4 Å². The van der Waals surface area contributed by atoms with Crippen molar-refractivity contribution in [2.24, 2.45) is 7.05 Å². The monoisotopic (exact) mass is 374 g/mol. The fourth-order valence-corrected chi connectivity index (χ4v) is 3.11. The van der Waals surface area contributed by atoms with Crippen molar-refractivity contribution < 1.29 is 19.0 Å². The summed E-state index contributed by atoms with van der Waals surface area (Å²) in [5, 5.41) is 9.14. The van der Waals surface area contributed by atoms with Crippen LogP contribution in [0.15, 0.2) is 29.8 Å². The highest BCUT2D eigenvalue weighted by atomic mass is 32.1. The summed E-state index contributed by atoms with van der Waals surface area (Å²) in [7, 11) is 6.38. The Morgan fingerprint density at radius 2 is 2.00 bits per heavy atom. The van der Waals surface area contributed by atoms with Crippen molar-refractivity contribution in [2.75, 3.05) is 26.6 Å². The molecule has 0 aliphatic heterocycles. The van der Waals surface area contributed by atoms with Gasteiger partial charge in [-0.25, -0.2) is 4.98 Å². The molecule has 3 aromatic rings. The minimum atomic E-state index is -0.339. The van der Waals surface area contributed by atoms with E-state index in [1.165, 1.54) is 23.1 Å². The van der Waals surface area contributed by atoms with Gasteiger partial charge in [0, 0.05) is 24.2 Å². The zero-order valence-corrected chi connectivity index (χ0v) is 15.6. The second-order valence-electron chi connectivity index (χ2n) is 5.28. The van der Waals surface area contributed by atoms with Crippen LogP contribution < -0.4 is 19.5 Å². The summed E-state index contributed by atoms with van der Waals surface area (Å²) in [6.07, 6.45) is 1.59. The number of benzene rings is 1. The van der Waals surface area contributed by atoms with E-state index in [1.807, 2.05) is 23.6 Å². The molecule has 0 radical (unpaired) electrons. The minimum absolute atomic E-state index is 0.260. The Balaban J connectivity index is 1.85. The quantitative estimate of drug-likeness (QED) is 0.714. The zero-order chi connectivity index (χ0) is 18.7. The van der Waals surface area contributed by atoms with Gasteiger partial charge in [-0.3, -0.25) is 14.8 Å². The van der Waals surface area contributed by atoms with Gasteiger partial charge in [0.2, 0.25) is 5.88 Å². The highest BCUT2D eigenvalue weighted by Gasteiger charge is 2.18. The van der Waals surface area contributed by atoms with Crippen molar-refractivity contribution in [3.8, 4) is 28.6 Å². The van der Waals surface area contributed by atoms with E-state index in [4.69, 9.17) is 14.2 Å². The van der Waals surface area contributed by atoms with Crippen LogP contribution in [0, 0.1) is 0 Å². The predicted molar refractivity (Wildman–Crippen MR) is 98.4 cm³/mol. The van der Waals surface area contributed by atoms with E-state index in [9.17, 15) is 4.79 Å². The number of rotatable bonds is 6. The standard InChI is InChI=1S/C17H18N4O4S/c1-21-8-12(16(20-21)25-4)15(22)19-17-18-13(9-26-17)11-7-10(23-2)5-6-14(11)24-3/h5-9H,1-4H3,(H,18,19,22). The Kier molecular flexibility index (Phi) is 5.08. The first kappa shape index (κ1) is 17.7. The summed E-state index contributed by atoms with van der Waals surface area (Å²) in [6, 6.07) is 5.46. The largest absolute Gasteiger partial charge is 0.497 e. The van der Waals surface area contributed by atoms with Crippen molar-refractivity contribution in [3.63, 3.8) is 0 Å². The summed E-state index contributed by atoms with van der Waals surface area (Å²) in [4.78, 5) is 16.9. The zero-order valence-electron chi connectivity index (χ0n) is 14.8. The molecular formula is C17H18N4O4S. The van der Waals surface area contributed by atoms with Crippen LogP contribution in [0.25, 0.3) is 11.3 Å². The smallest absolute Gasteiger partial charge is 0.264 e. The molecule has 0 spiro atoms. The number of carbonyl (C=O) groups excluding carboxylic acids is 1. The van der Waals surface area contributed by atoms with E-state index in [2.05, 4.69) is 15.4 Å². The lowest BCUT2D eigenvalue weighted by Crippen LogP contribution is -2.12. The Labute approximate surface area is 154 Å². The van der Waals surface area contributed by atoms with E-state index in [1.54, 1.807) is 27.5 Å². The lowest BCUT2D eigenvalue weighted by atomic mass is 10.1. The predicted octanol–water partition coefficient (Wildman–Crippen LogP) is 2.82. The third-order valence-corrected chi connectivity index (χ3v) is 4.40. The molecule has 1 N–H and O–H groups in total. The number of hydrogen-bond acceptors (Lipinski definition) is 7. The number of nitrogens with zero attached hydrogens (tertiary/aromatic N) is 3. The van der Waals surface area contributed by atoms with Crippen molar-refractivity contribution in [3.05, 3.63) is 35.3 Å². The highest BCUT2D eigenvalue weighted by Crippen LogP contribution is 2.35. The van der Waals surface area contributed by atoms with E-state index < -0.39 is 0 Å².